The van der Waals surface area contributed by atoms with Crippen LogP contribution in [0.5, 0.6) is 11.5 Å². The molecular weight excluding hydrogens is 394 g/mol. The maximum Gasteiger partial charge on any atom is 0.153 e. The summed E-state index contributed by atoms with van der Waals surface area (Å²) in [6.07, 6.45) is 0. The molecule has 0 fully saturated rings. The van der Waals surface area contributed by atoms with Crippen LogP contribution < -0.4 is 4.74 Å². The maximum absolute atomic E-state index is 6.13. The first kappa shape index (κ1) is 14.5. The van der Waals surface area contributed by atoms with Crippen LogP contribution in [-0.2, 0) is 5.33 Å². The van der Waals surface area contributed by atoms with Gasteiger partial charge in [0.05, 0.1) is 0 Å². The molecule has 1 heterocycles. The Bertz CT molecular complexity index is 802. The normalized spacial score (nSPS) is 10.8. The maximum atomic E-state index is 6.13. The van der Waals surface area contributed by atoms with Crippen molar-refractivity contribution in [3.05, 3.63) is 64.3 Å². The van der Waals surface area contributed by atoms with Gasteiger partial charge >= 0.3 is 0 Å². The molecule has 0 unspecified atom stereocenters. The SMILES string of the molecule is Cc1ccc2cccc(Oc3cc(Br)ccc3CBr)c2n1. The zero-order valence-corrected chi connectivity index (χ0v) is 14.6. The lowest BCUT2D eigenvalue weighted by atomic mass is 10.2. The van der Waals surface area contributed by atoms with Gasteiger partial charge in [0.15, 0.2) is 5.75 Å². The molecular formula is C17H13Br2NO. The highest BCUT2D eigenvalue weighted by atomic mass is 79.9. The number of aromatic nitrogens is 1. The molecule has 0 spiro atoms. The Morgan fingerprint density at radius 3 is 2.71 bits per heavy atom. The fourth-order valence-corrected chi connectivity index (χ4v) is 2.96. The third-order valence-corrected chi connectivity index (χ3v) is 4.31. The zero-order chi connectivity index (χ0) is 14.8. The van der Waals surface area contributed by atoms with Gasteiger partial charge in [-0.2, -0.15) is 0 Å². The summed E-state index contributed by atoms with van der Waals surface area (Å²) >= 11 is 6.99. The molecule has 2 aromatic carbocycles. The number of para-hydroxylation sites is 1. The molecule has 0 aliphatic heterocycles. The number of nitrogens with zero attached hydrogens (tertiary/aromatic N) is 1. The highest BCUT2D eigenvalue weighted by Crippen LogP contribution is 2.33. The van der Waals surface area contributed by atoms with Crippen molar-refractivity contribution in [3.8, 4) is 11.5 Å². The fraction of sp³-hybridized carbons (Fsp3) is 0.118. The molecule has 0 aliphatic rings. The first-order chi connectivity index (χ1) is 10.2. The van der Waals surface area contributed by atoms with Gasteiger partial charge in [0.25, 0.3) is 0 Å². The van der Waals surface area contributed by atoms with Crippen molar-refractivity contribution in [2.24, 2.45) is 0 Å². The van der Waals surface area contributed by atoms with Gasteiger partial charge < -0.3 is 4.74 Å². The quantitative estimate of drug-likeness (QED) is 0.498. The van der Waals surface area contributed by atoms with E-state index in [1.807, 2.05) is 49.4 Å². The van der Waals surface area contributed by atoms with Crippen LogP contribution in [0.1, 0.15) is 11.3 Å². The lowest BCUT2D eigenvalue weighted by Gasteiger charge is -2.12. The van der Waals surface area contributed by atoms with Crippen LogP contribution in [0, 0.1) is 6.92 Å². The second-order valence-electron chi connectivity index (χ2n) is 4.77. The van der Waals surface area contributed by atoms with Gasteiger partial charge in [0.1, 0.15) is 11.3 Å². The number of pyridine rings is 1. The van der Waals surface area contributed by atoms with Gasteiger partial charge in [-0.25, -0.2) is 4.98 Å². The third kappa shape index (κ3) is 3.11. The second kappa shape index (κ2) is 6.16. The van der Waals surface area contributed by atoms with Crippen LogP contribution in [0.25, 0.3) is 10.9 Å². The molecule has 2 nitrogen and oxygen atoms in total. The standard InChI is InChI=1S/C17H13Br2NO/c1-11-5-6-12-3-2-4-15(17(12)20-11)21-16-9-14(19)8-7-13(16)10-18/h2-9H,10H2,1H3. The number of aryl methyl sites for hydroxylation is 1. The summed E-state index contributed by atoms with van der Waals surface area (Å²) in [6.45, 7) is 1.99. The Labute approximate surface area is 140 Å². The molecule has 3 aromatic rings. The molecule has 0 bridgehead atoms. The largest absolute Gasteiger partial charge is 0.455 e. The topological polar surface area (TPSA) is 22.1 Å². The molecule has 0 saturated carbocycles. The highest BCUT2D eigenvalue weighted by molar-refractivity contribution is 9.10. The van der Waals surface area contributed by atoms with Crippen molar-refractivity contribution in [2.45, 2.75) is 12.3 Å². The van der Waals surface area contributed by atoms with Gasteiger partial charge in [-0.3, -0.25) is 0 Å². The van der Waals surface area contributed by atoms with E-state index in [1.165, 1.54) is 0 Å². The molecule has 3 rings (SSSR count). The Hall–Kier alpha value is -1.39. The minimum atomic E-state index is 0.743. The van der Waals surface area contributed by atoms with Crippen molar-refractivity contribution in [1.82, 2.24) is 4.98 Å². The number of ether oxygens (including phenoxy) is 1. The van der Waals surface area contributed by atoms with E-state index in [0.717, 1.165) is 43.5 Å². The minimum Gasteiger partial charge on any atom is -0.455 e. The first-order valence-corrected chi connectivity index (χ1v) is 8.47. The van der Waals surface area contributed by atoms with E-state index in [4.69, 9.17) is 4.74 Å². The monoisotopic (exact) mass is 405 g/mol. The summed E-state index contributed by atoms with van der Waals surface area (Å²) in [5.74, 6) is 1.61. The van der Waals surface area contributed by atoms with Crippen LogP contribution in [0.15, 0.2) is 53.0 Å². The first-order valence-electron chi connectivity index (χ1n) is 6.56. The van der Waals surface area contributed by atoms with Crippen molar-refractivity contribution in [3.63, 3.8) is 0 Å². The van der Waals surface area contributed by atoms with Gasteiger partial charge in [-0.1, -0.05) is 56.1 Å². The summed E-state index contributed by atoms with van der Waals surface area (Å²) in [7, 11) is 0. The van der Waals surface area contributed by atoms with Gasteiger partial charge in [-0.05, 0) is 31.2 Å². The second-order valence-corrected chi connectivity index (χ2v) is 6.24. The summed E-state index contributed by atoms with van der Waals surface area (Å²) in [6, 6.07) is 16.1. The van der Waals surface area contributed by atoms with E-state index >= 15 is 0 Å². The summed E-state index contributed by atoms with van der Waals surface area (Å²) in [4.78, 5) is 4.60. The van der Waals surface area contributed by atoms with Crippen LogP contribution in [0.3, 0.4) is 0 Å². The molecule has 1 aromatic heterocycles. The summed E-state index contributed by atoms with van der Waals surface area (Å²) in [5, 5.41) is 1.82. The predicted molar refractivity (Wildman–Crippen MR) is 93.3 cm³/mol. The number of halogens is 2. The van der Waals surface area contributed by atoms with Crippen LogP contribution in [0.2, 0.25) is 0 Å². The number of rotatable bonds is 3. The average Bonchev–Trinajstić information content (AvgIpc) is 2.48. The van der Waals surface area contributed by atoms with Crippen molar-refractivity contribution < 1.29 is 4.74 Å². The minimum absolute atomic E-state index is 0.743. The van der Waals surface area contributed by atoms with E-state index in [0.29, 0.717) is 0 Å². The summed E-state index contributed by atoms with van der Waals surface area (Å²) in [5.41, 5.74) is 2.97. The van der Waals surface area contributed by atoms with Crippen molar-refractivity contribution in [2.75, 3.05) is 0 Å². The summed E-state index contributed by atoms with van der Waals surface area (Å²) < 4.78 is 7.12. The fourth-order valence-electron chi connectivity index (χ4n) is 2.15. The molecule has 0 saturated heterocycles. The highest BCUT2D eigenvalue weighted by Gasteiger charge is 2.09. The number of hydrogen-bond donors (Lipinski definition) is 0. The zero-order valence-electron chi connectivity index (χ0n) is 11.4. The Morgan fingerprint density at radius 2 is 1.90 bits per heavy atom. The molecule has 21 heavy (non-hydrogen) atoms. The Balaban J connectivity index is 2.10. The Kier molecular flexibility index (Phi) is 4.27. The van der Waals surface area contributed by atoms with E-state index in [-0.39, 0.29) is 0 Å². The Morgan fingerprint density at radius 1 is 1.05 bits per heavy atom. The van der Waals surface area contributed by atoms with Crippen LogP contribution >= 0.6 is 31.9 Å². The molecule has 0 radical (unpaired) electrons. The predicted octanol–water partition coefficient (Wildman–Crippen LogP) is 5.99. The molecule has 106 valence electrons. The van der Waals surface area contributed by atoms with Crippen molar-refractivity contribution in [1.29, 1.82) is 0 Å². The average molecular weight is 407 g/mol. The van der Waals surface area contributed by atoms with E-state index < -0.39 is 0 Å². The van der Waals surface area contributed by atoms with E-state index in [2.05, 4.69) is 42.9 Å². The molecule has 0 aliphatic carbocycles. The van der Waals surface area contributed by atoms with Gasteiger partial charge in [-0.15, -0.1) is 0 Å². The third-order valence-electron chi connectivity index (χ3n) is 3.22. The lowest BCUT2D eigenvalue weighted by molar-refractivity contribution is 0.482. The van der Waals surface area contributed by atoms with Crippen LogP contribution in [-0.4, -0.2) is 4.98 Å². The molecule has 4 heteroatoms. The van der Waals surface area contributed by atoms with Crippen molar-refractivity contribution >= 4 is 42.8 Å². The molecule has 0 amide bonds. The number of benzene rings is 2. The molecule has 0 atom stereocenters. The number of alkyl halides is 1. The lowest BCUT2D eigenvalue weighted by Crippen LogP contribution is -1.92. The van der Waals surface area contributed by atoms with Crippen LogP contribution in [0.4, 0.5) is 0 Å². The van der Waals surface area contributed by atoms with Gasteiger partial charge in [0, 0.05) is 26.4 Å². The number of fused-ring (bicyclic) bond motifs is 1. The smallest absolute Gasteiger partial charge is 0.153 e. The van der Waals surface area contributed by atoms with E-state index in [9.17, 15) is 0 Å². The molecule has 0 N–H and O–H groups in total. The van der Waals surface area contributed by atoms with E-state index in [1.54, 1.807) is 0 Å². The van der Waals surface area contributed by atoms with Gasteiger partial charge in [0.2, 0.25) is 0 Å². The number of hydrogen-bond acceptors (Lipinski definition) is 2.